The zero-order valence-electron chi connectivity index (χ0n) is 14.3. The number of carbonyl (C=O) groups is 2. The zero-order valence-corrected chi connectivity index (χ0v) is 15.2. The van der Waals surface area contributed by atoms with Crippen molar-refractivity contribution in [1.29, 1.82) is 0 Å². The molecule has 1 aliphatic carbocycles. The fourth-order valence-electron chi connectivity index (χ4n) is 2.26. The van der Waals surface area contributed by atoms with Crippen LogP contribution >= 0.6 is 0 Å². The van der Waals surface area contributed by atoms with Gasteiger partial charge in [0.25, 0.3) is 0 Å². The summed E-state index contributed by atoms with van der Waals surface area (Å²) in [4.78, 5) is 26.1. The standard InChI is InChI=1S/C14H18F3N4O6S/c15-14(16,17)13-20-12(21-27-13)11(24)8(5-9(18)22)19-10(23)3-4-28(25,26)6-7-1-2-7/h3,7-8,11,24H,1-2,4-6H2,(H2,18,22)(H,19,23)/t8-,11-/m0/s1. The Hall–Kier alpha value is -2.22. The smallest absolute Gasteiger partial charge is 0.383 e. The first kappa shape index (κ1) is 22.1. The summed E-state index contributed by atoms with van der Waals surface area (Å²) in [6, 6.07) is -1.49. The maximum Gasteiger partial charge on any atom is 0.471 e. The number of alkyl halides is 3. The molecule has 0 saturated heterocycles. The summed E-state index contributed by atoms with van der Waals surface area (Å²) >= 11 is 0. The molecule has 14 heteroatoms. The Kier molecular flexibility index (Phi) is 6.64. The summed E-state index contributed by atoms with van der Waals surface area (Å²) in [5.74, 6) is -4.99. The minimum Gasteiger partial charge on any atom is -0.383 e. The van der Waals surface area contributed by atoms with Crippen molar-refractivity contribution in [3.05, 3.63) is 18.1 Å². The number of primary amides is 1. The minimum atomic E-state index is -4.95. The molecule has 1 aromatic rings. The van der Waals surface area contributed by atoms with Crippen LogP contribution in [0, 0.1) is 12.3 Å². The van der Waals surface area contributed by atoms with Gasteiger partial charge in [0.15, 0.2) is 9.84 Å². The molecule has 0 spiro atoms. The summed E-state index contributed by atoms with van der Waals surface area (Å²) in [7, 11) is -3.49. The average Bonchev–Trinajstić information content (AvgIpc) is 3.20. The van der Waals surface area contributed by atoms with E-state index in [1.807, 2.05) is 0 Å². The lowest BCUT2D eigenvalue weighted by Gasteiger charge is -2.20. The molecule has 10 nitrogen and oxygen atoms in total. The van der Waals surface area contributed by atoms with E-state index >= 15 is 0 Å². The van der Waals surface area contributed by atoms with Crippen LogP contribution in [0.4, 0.5) is 13.2 Å². The van der Waals surface area contributed by atoms with Gasteiger partial charge in [-0.15, -0.1) is 0 Å². The van der Waals surface area contributed by atoms with Crippen molar-refractivity contribution in [2.45, 2.75) is 37.6 Å². The SMILES string of the molecule is NC(=O)C[C@H](NC(=O)[CH]CS(=O)(=O)CC1CC1)[C@H](O)c1noc(C(F)(F)F)n1. The van der Waals surface area contributed by atoms with Crippen LogP contribution in [0.3, 0.4) is 0 Å². The molecule has 0 unspecified atom stereocenters. The molecule has 1 radical (unpaired) electrons. The van der Waals surface area contributed by atoms with E-state index < -0.39 is 63.9 Å². The van der Waals surface area contributed by atoms with Crippen LogP contribution in [0.15, 0.2) is 4.52 Å². The summed E-state index contributed by atoms with van der Waals surface area (Å²) in [6.45, 7) is 0. The molecule has 0 aliphatic heterocycles. The normalized spacial score (nSPS) is 17.1. The molecule has 2 atom stereocenters. The van der Waals surface area contributed by atoms with E-state index in [1.54, 1.807) is 0 Å². The molecule has 1 aromatic heterocycles. The number of hydrogen-bond donors (Lipinski definition) is 3. The van der Waals surface area contributed by atoms with E-state index in [0.29, 0.717) is 0 Å². The van der Waals surface area contributed by atoms with Gasteiger partial charge in [-0.2, -0.15) is 18.2 Å². The molecule has 1 aliphatic rings. The molecule has 28 heavy (non-hydrogen) atoms. The number of rotatable bonds is 10. The van der Waals surface area contributed by atoms with Crippen LogP contribution in [-0.4, -0.2) is 53.0 Å². The van der Waals surface area contributed by atoms with Gasteiger partial charge in [-0.25, -0.2) is 8.42 Å². The van der Waals surface area contributed by atoms with Crippen molar-refractivity contribution in [3.8, 4) is 0 Å². The highest BCUT2D eigenvalue weighted by Gasteiger charge is 2.40. The molecule has 1 fully saturated rings. The van der Waals surface area contributed by atoms with Crippen molar-refractivity contribution in [2.24, 2.45) is 11.7 Å². The molecular weight excluding hydrogens is 409 g/mol. The van der Waals surface area contributed by atoms with Crippen molar-refractivity contribution in [1.82, 2.24) is 15.5 Å². The Bertz CT molecular complexity index is 821. The van der Waals surface area contributed by atoms with Gasteiger partial charge >= 0.3 is 12.1 Å². The summed E-state index contributed by atoms with van der Waals surface area (Å²) in [5, 5.41) is 15.2. The third-order valence-electron chi connectivity index (χ3n) is 3.79. The van der Waals surface area contributed by atoms with Gasteiger partial charge in [-0.1, -0.05) is 5.16 Å². The van der Waals surface area contributed by atoms with Gasteiger partial charge in [-0.3, -0.25) is 9.59 Å². The third-order valence-corrected chi connectivity index (χ3v) is 5.44. The largest absolute Gasteiger partial charge is 0.471 e. The molecular formula is C14H18F3N4O6S. The maximum atomic E-state index is 12.5. The van der Waals surface area contributed by atoms with Crippen LogP contribution in [0.5, 0.6) is 0 Å². The van der Waals surface area contributed by atoms with Crippen molar-refractivity contribution < 1.29 is 40.8 Å². The summed E-state index contributed by atoms with van der Waals surface area (Å²) in [6.07, 6.45) is -5.14. The van der Waals surface area contributed by atoms with Crippen LogP contribution in [-0.2, 0) is 25.6 Å². The number of amides is 2. The minimum absolute atomic E-state index is 0.0484. The number of nitrogens with two attached hydrogens (primary N) is 1. The van der Waals surface area contributed by atoms with Crippen LogP contribution in [0.2, 0.25) is 0 Å². The molecule has 1 saturated carbocycles. The second kappa shape index (κ2) is 8.43. The number of aromatic nitrogens is 2. The van der Waals surface area contributed by atoms with Gasteiger partial charge in [0.2, 0.25) is 17.6 Å². The van der Waals surface area contributed by atoms with Crippen molar-refractivity contribution in [2.75, 3.05) is 11.5 Å². The van der Waals surface area contributed by atoms with Gasteiger partial charge in [0, 0.05) is 6.42 Å². The average molecular weight is 427 g/mol. The van der Waals surface area contributed by atoms with Crippen molar-refractivity contribution in [3.63, 3.8) is 0 Å². The molecule has 0 aromatic carbocycles. The Balaban J connectivity index is 2.00. The number of aliphatic hydroxyl groups is 1. The highest BCUT2D eigenvalue weighted by atomic mass is 32.2. The lowest BCUT2D eigenvalue weighted by atomic mass is 10.1. The Morgan fingerprint density at radius 2 is 2.04 bits per heavy atom. The fourth-order valence-corrected chi connectivity index (χ4v) is 3.86. The zero-order chi connectivity index (χ0) is 21.1. The van der Waals surface area contributed by atoms with Gasteiger partial charge in [0.1, 0.15) is 6.10 Å². The van der Waals surface area contributed by atoms with E-state index in [2.05, 4.69) is 20.0 Å². The number of nitrogens with zero attached hydrogens (tertiary/aromatic N) is 2. The van der Waals surface area contributed by atoms with E-state index in [1.165, 1.54) is 0 Å². The third kappa shape index (κ3) is 6.74. The number of halogens is 3. The van der Waals surface area contributed by atoms with Crippen LogP contribution in [0.25, 0.3) is 0 Å². The summed E-state index contributed by atoms with van der Waals surface area (Å²) < 4.78 is 65.2. The van der Waals surface area contributed by atoms with Gasteiger partial charge < -0.3 is 20.7 Å². The number of sulfone groups is 1. The molecule has 2 rings (SSSR count). The lowest BCUT2D eigenvalue weighted by molar-refractivity contribution is -0.159. The topological polar surface area (TPSA) is 165 Å². The van der Waals surface area contributed by atoms with E-state index in [0.717, 1.165) is 19.3 Å². The quantitative estimate of drug-likeness (QED) is 0.450. The monoisotopic (exact) mass is 427 g/mol. The van der Waals surface area contributed by atoms with E-state index in [9.17, 15) is 36.3 Å². The van der Waals surface area contributed by atoms with Gasteiger partial charge in [-0.05, 0) is 18.8 Å². The van der Waals surface area contributed by atoms with Crippen LogP contribution < -0.4 is 11.1 Å². The first-order chi connectivity index (χ1) is 12.9. The second-order valence-electron chi connectivity index (χ2n) is 6.41. The number of nitrogens with one attached hydrogen (secondary N) is 1. The highest BCUT2D eigenvalue weighted by Crippen LogP contribution is 2.30. The number of aliphatic hydroxyl groups excluding tert-OH is 1. The first-order valence-corrected chi connectivity index (χ1v) is 9.91. The predicted molar refractivity (Wildman–Crippen MR) is 85.7 cm³/mol. The van der Waals surface area contributed by atoms with Crippen LogP contribution in [0.1, 0.15) is 37.1 Å². The first-order valence-electron chi connectivity index (χ1n) is 8.08. The predicted octanol–water partition coefficient (Wildman–Crippen LogP) is -0.489. The maximum absolute atomic E-state index is 12.5. The van der Waals surface area contributed by atoms with E-state index in [4.69, 9.17) is 5.73 Å². The number of carbonyl (C=O) groups excluding carboxylic acids is 2. The Morgan fingerprint density at radius 1 is 1.39 bits per heavy atom. The molecule has 0 bridgehead atoms. The molecule has 1 heterocycles. The van der Waals surface area contributed by atoms with Gasteiger partial charge in [0.05, 0.1) is 24.0 Å². The molecule has 2 amide bonds. The van der Waals surface area contributed by atoms with Crippen molar-refractivity contribution >= 4 is 21.7 Å². The highest BCUT2D eigenvalue weighted by molar-refractivity contribution is 7.91. The Morgan fingerprint density at radius 3 is 2.54 bits per heavy atom. The summed E-state index contributed by atoms with van der Waals surface area (Å²) in [5.41, 5.74) is 5.01. The van der Waals surface area contributed by atoms with E-state index in [-0.39, 0.29) is 11.7 Å². The second-order valence-corrected chi connectivity index (χ2v) is 8.56. The lowest BCUT2D eigenvalue weighted by Crippen LogP contribution is -2.43. The molecule has 157 valence electrons. The Labute approximate surface area is 157 Å². The molecule has 4 N–H and O–H groups in total. The fraction of sp³-hybridized carbons (Fsp3) is 0.643. The number of hydrogen-bond acceptors (Lipinski definition) is 8.